The van der Waals surface area contributed by atoms with Gasteiger partial charge in [0.15, 0.2) is 0 Å². The molecule has 2 rings (SSSR count). The van der Waals surface area contributed by atoms with Crippen molar-refractivity contribution in [1.29, 1.82) is 0 Å². The number of piperazine rings is 2. The fraction of sp³-hybridized carbons (Fsp3) is 1.00. The van der Waals surface area contributed by atoms with Gasteiger partial charge in [0.05, 0.1) is 6.10 Å². The molecule has 0 aromatic rings. The summed E-state index contributed by atoms with van der Waals surface area (Å²) < 4.78 is 0. The number of aliphatic hydroxyl groups excluding tert-OH is 1. The first-order valence-electron chi connectivity index (χ1n) is 6.31. The van der Waals surface area contributed by atoms with E-state index in [0.29, 0.717) is 0 Å². The maximum atomic E-state index is 9.04. The molecule has 0 radical (unpaired) electrons. The largest absolute Gasteiger partial charge is 0.392 e. The van der Waals surface area contributed by atoms with Gasteiger partial charge in [-0.3, -0.25) is 4.90 Å². The van der Waals surface area contributed by atoms with Crippen molar-refractivity contribution in [1.82, 2.24) is 20.9 Å². The smallest absolute Gasteiger partial charge is 0.0639 e. The van der Waals surface area contributed by atoms with Gasteiger partial charge in [0.25, 0.3) is 0 Å². The molecule has 5 heteroatoms. The third-order valence-corrected chi connectivity index (χ3v) is 2.69. The summed E-state index contributed by atoms with van der Waals surface area (Å²) in [5.41, 5.74) is 0. The highest BCUT2D eigenvalue weighted by Crippen LogP contribution is 1.93. The van der Waals surface area contributed by atoms with E-state index in [2.05, 4.69) is 20.9 Å². The molecule has 1 unspecified atom stereocenters. The molecule has 4 N–H and O–H groups in total. The van der Waals surface area contributed by atoms with Crippen LogP contribution in [-0.4, -0.2) is 75.0 Å². The fourth-order valence-corrected chi connectivity index (χ4v) is 1.87. The van der Waals surface area contributed by atoms with Crippen LogP contribution in [0.4, 0.5) is 0 Å². The Hall–Kier alpha value is -0.200. The van der Waals surface area contributed by atoms with Crippen LogP contribution in [0.1, 0.15) is 6.92 Å². The summed E-state index contributed by atoms with van der Waals surface area (Å²) in [6.07, 6.45) is -0.182. The Labute approximate surface area is 98.6 Å². The molecule has 2 fully saturated rings. The van der Waals surface area contributed by atoms with Gasteiger partial charge in [0, 0.05) is 58.9 Å². The lowest BCUT2D eigenvalue weighted by Crippen LogP contribution is -2.45. The van der Waals surface area contributed by atoms with Crippen LogP contribution in [0, 0.1) is 0 Å². The molecule has 0 spiro atoms. The fourth-order valence-electron chi connectivity index (χ4n) is 1.87. The minimum absolute atomic E-state index is 0.182. The molecule has 2 aliphatic rings. The molecule has 5 nitrogen and oxygen atoms in total. The topological polar surface area (TPSA) is 59.6 Å². The Morgan fingerprint density at radius 1 is 0.938 bits per heavy atom. The first-order chi connectivity index (χ1) is 7.79. The standard InChI is InChI=1S/C7H16N2O.C4H10N2/c1-7(10)6-9-4-2-8-3-5-9;1-2-6-4-3-5-1/h7-8,10H,2-6H2,1H3;5-6H,1-4H2. The lowest BCUT2D eigenvalue weighted by atomic mass is 10.3. The van der Waals surface area contributed by atoms with Gasteiger partial charge < -0.3 is 21.1 Å². The molecule has 1 atom stereocenters. The molecule has 0 aromatic carbocycles. The van der Waals surface area contributed by atoms with E-state index in [4.69, 9.17) is 5.11 Å². The van der Waals surface area contributed by atoms with Crippen LogP contribution in [0.2, 0.25) is 0 Å². The minimum atomic E-state index is -0.182. The van der Waals surface area contributed by atoms with E-state index >= 15 is 0 Å². The molecular formula is C11H26N4O. The van der Waals surface area contributed by atoms with Gasteiger partial charge in [-0.25, -0.2) is 0 Å². The van der Waals surface area contributed by atoms with Crippen molar-refractivity contribution in [2.24, 2.45) is 0 Å². The van der Waals surface area contributed by atoms with Crippen molar-refractivity contribution in [3.8, 4) is 0 Å². The molecular weight excluding hydrogens is 204 g/mol. The number of aliphatic hydroxyl groups is 1. The second kappa shape index (κ2) is 8.90. The average Bonchev–Trinajstić information content (AvgIpc) is 2.32. The molecule has 0 aliphatic carbocycles. The predicted molar refractivity (Wildman–Crippen MR) is 66.7 cm³/mol. The molecule has 2 saturated heterocycles. The van der Waals surface area contributed by atoms with Crippen molar-refractivity contribution in [3.05, 3.63) is 0 Å². The van der Waals surface area contributed by atoms with Gasteiger partial charge >= 0.3 is 0 Å². The summed E-state index contributed by atoms with van der Waals surface area (Å²) in [6.45, 7) is 11.5. The Bertz CT molecular complexity index is 145. The van der Waals surface area contributed by atoms with Crippen molar-refractivity contribution >= 4 is 0 Å². The van der Waals surface area contributed by atoms with Crippen LogP contribution in [0.3, 0.4) is 0 Å². The van der Waals surface area contributed by atoms with Crippen LogP contribution in [-0.2, 0) is 0 Å². The van der Waals surface area contributed by atoms with Gasteiger partial charge in [0.1, 0.15) is 0 Å². The maximum absolute atomic E-state index is 9.04. The summed E-state index contributed by atoms with van der Waals surface area (Å²) >= 11 is 0. The number of nitrogens with zero attached hydrogens (tertiary/aromatic N) is 1. The number of rotatable bonds is 2. The molecule has 0 amide bonds. The zero-order chi connectivity index (χ0) is 11.6. The molecule has 0 saturated carbocycles. The van der Waals surface area contributed by atoms with Crippen LogP contribution < -0.4 is 16.0 Å². The highest BCUT2D eigenvalue weighted by molar-refractivity contribution is 4.68. The van der Waals surface area contributed by atoms with Gasteiger partial charge in [-0.05, 0) is 6.92 Å². The SMILES string of the molecule is C1CNCCN1.CC(O)CN1CCNCC1. The third kappa shape index (κ3) is 7.14. The summed E-state index contributed by atoms with van der Waals surface area (Å²) in [6, 6.07) is 0. The highest BCUT2D eigenvalue weighted by atomic mass is 16.3. The first-order valence-corrected chi connectivity index (χ1v) is 6.31. The summed E-state index contributed by atoms with van der Waals surface area (Å²) in [4.78, 5) is 2.28. The summed E-state index contributed by atoms with van der Waals surface area (Å²) in [5.74, 6) is 0. The zero-order valence-electron chi connectivity index (χ0n) is 10.3. The van der Waals surface area contributed by atoms with E-state index in [-0.39, 0.29) is 6.10 Å². The van der Waals surface area contributed by atoms with E-state index in [9.17, 15) is 0 Å². The molecule has 2 heterocycles. The van der Waals surface area contributed by atoms with E-state index in [1.165, 1.54) is 0 Å². The lowest BCUT2D eigenvalue weighted by molar-refractivity contribution is 0.118. The van der Waals surface area contributed by atoms with Gasteiger partial charge in [-0.15, -0.1) is 0 Å². The van der Waals surface area contributed by atoms with Gasteiger partial charge in [-0.2, -0.15) is 0 Å². The second-order valence-electron chi connectivity index (χ2n) is 4.40. The Kier molecular flexibility index (Phi) is 7.71. The Morgan fingerprint density at radius 3 is 1.75 bits per heavy atom. The monoisotopic (exact) mass is 230 g/mol. The van der Waals surface area contributed by atoms with E-state index < -0.39 is 0 Å². The van der Waals surface area contributed by atoms with Gasteiger partial charge in [0.2, 0.25) is 0 Å². The van der Waals surface area contributed by atoms with Crippen molar-refractivity contribution in [2.75, 3.05) is 58.9 Å². The maximum Gasteiger partial charge on any atom is 0.0639 e. The molecule has 96 valence electrons. The molecule has 2 aliphatic heterocycles. The second-order valence-corrected chi connectivity index (χ2v) is 4.40. The van der Waals surface area contributed by atoms with Crippen LogP contribution in [0.5, 0.6) is 0 Å². The molecule has 0 aromatic heterocycles. The van der Waals surface area contributed by atoms with E-state index in [1.54, 1.807) is 0 Å². The molecule has 0 bridgehead atoms. The van der Waals surface area contributed by atoms with Crippen LogP contribution >= 0.6 is 0 Å². The number of hydrogen-bond donors (Lipinski definition) is 4. The quantitative estimate of drug-likeness (QED) is 0.463. The minimum Gasteiger partial charge on any atom is -0.392 e. The predicted octanol–water partition coefficient (Wildman–Crippen LogP) is -1.55. The normalized spacial score (nSPS) is 24.4. The first kappa shape index (κ1) is 13.9. The number of nitrogens with one attached hydrogen (secondary N) is 3. The van der Waals surface area contributed by atoms with E-state index in [0.717, 1.165) is 58.9 Å². The number of hydrogen-bond acceptors (Lipinski definition) is 5. The number of β-amino-alcohol motifs (C(OH)–C–C–N with tert-alkyl or cyclic N) is 1. The van der Waals surface area contributed by atoms with Crippen LogP contribution in [0.15, 0.2) is 0 Å². The average molecular weight is 230 g/mol. The summed E-state index contributed by atoms with van der Waals surface area (Å²) in [5, 5.41) is 18.8. The molecule has 16 heavy (non-hydrogen) atoms. The summed E-state index contributed by atoms with van der Waals surface area (Å²) in [7, 11) is 0. The van der Waals surface area contributed by atoms with Crippen molar-refractivity contribution < 1.29 is 5.11 Å². The zero-order valence-corrected chi connectivity index (χ0v) is 10.3. The van der Waals surface area contributed by atoms with Crippen molar-refractivity contribution in [2.45, 2.75) is 13.0 Å². The van der Waals surface area contributed by atoms with Crippen molar-refractivity contribution in [3.63, 3.8) is 0 Å². The third-order valence-electron chi connectivity index (χ3n) is 2.69. The van der Waals surface area contributed by atoms with Gasteiger partial charge in [-0.1, -0.05) is 0 Å². The highest BCUT2D eigenvalue weighted by Gasteiger charge is 2.10. The lowest BCUT2D eigenvalue weighted by Gasteiger charge is -2.27. The van der Waals surface area contributed by atoms with E-state index in [1.807, 2.05) is 6.92 Å². The Morgan fingerprint density at radius 2 is 1.38 bits per heavy atom. The van der Waals surface area contributed by atoms with Crippen LogP contribution in [0.25, 0.3) is 0 Å². The Balaban J connectivity index is 0.000000181.